The van der Waals surface area contributed by atoms with Gasteiger partial charge in [0.2, 0.25) is 11.9 Å². The molecule has 0 aromatic carbocycles. The van der Waals surface area contributed by atoms with Crippen LogP contribution in [0.1, 0.15) is 12.8 Å². The van der Waals surface area contributed by atoms with Gasteiger partial charge in [-0.1, -0.05) is 0 Å². The van der Waals surface area contributed by atoms with Crippen LogP contribution in [-0.2, 0) is 14.3 Å². The van der Waals surface area contributed by atoms with Crippen LogP contribution in [0.2, 0.25) is 0 Å². The lowest BCUT2D eigenvalue weighted by molar-refractivity contribution is -0.124. The highest BCUT2D eigenvalue weighted by molar-refractivity contribution is 5.94. The van der Waals surface area contributed by atoms with E-state index in [0.717, 1.165) is 6.42 Å². The lowest BCUT2D eigenvalue weighted by atomic mass is 10.2. The monoisotopic (exact) mass is 371 g/mol. The molecule has 2 aromatic rings. The first-order chi connectivity index (χ1) is 13.2. The number of rotatable bonds is 4. The normalized spacial score (nSPS) is 19.9. The molecule has 0 bridgehead atoms. The molecular formula is C17H21N7O3. The molecule has 0 radical (unpaired) electrons. The summed E-state index contributed by atoms with van der Waals surface area (Å²) in [7, 11) is 0. The Kier molecular flexibility index (Phi) is 5.07. The lowest BCUT2D eigenvalue weighted by Crippen LogP contribution is -2.37. The summed E-state index contributed by atoms with van der Waals surface area (Å²) in [5, 5.41) is 2.85. The number of nitrogens with zero attached hydrogens (tertiary/aromatic N) is 5. The summed E-state index contributed by atoms with van der Waals surface area (Å²) in [6, 6.07) is 1.70. The van der Waals surface area contributed by atoms with E-state index in [9.17, 15) is 4.79 Å². The Morgan fingerprint density at radius 1 is 1.19 bits per heavy atom. The van der Waals surface area contributed by atoms with Crippen molar-refractivity contribution >= 4 is 23.6 Å². The minimum atomic E-state index is -0.435. The Labute approximate surface area is 156 Å². The molecule has 10 heteroatoms. The molecule has 0 unspecified atom stereocenters. The fourth-order valence-corrected chi connectivity index (χ4v) is 3.01. The SMILES string of the molecule is Nc1ncc(-c2cc(NC(=O)[C@@H]3CCCO3)nc(N3CCOCC3)n2)cn1. The van der Waals surface area contributed by atoms with E-state index in [4.69, 9.17) is 15.2 Å². The average Bonchev–Trinajstić information content (AvgIpc) is 3.24. The molecule has 2 aliphatic rings. The van der Waals surface area contributed by atoms with Crippen LogP contribution in [0.15, 0.2) is 18.5 Å². The fourth-order valence-electron chi connectivity index (χ4n) is 3.01. The van der Waals surface area contributed by atoms with Gasteiger partial charge in [-0.05, 0) is 12.8 Å². The maximum atomic E-state index is 12.4. The Morgan fingerprint density at radius 3 is 2.67 bits per heavy atom. The molecule has 4 rings (SSSR count). The Morgan fingerprint density at radius 2 is 1.96 bits per heavy atom. The van der Waals surface area contributed by atoms with Gasteiger partial charge in [-0.2, -0.15) is 4.98 Å². The van der Waals surface area contributed by atoms with Crippen LogP contribution in [-0.4, -0.2) is 64.9 Å². The van der Waals surface area contributed by atoms with Crippen LogP contribution in [0.5, 0.6) is 0 Å². The molecule has 142 valence electrons. The first kappa shape index (κ1) is 17.6. The van der Waals surface area contributed by atoms with E-state index in [2.05, 4.69) is 25.3 Å². The van der Waals surface area contributed by atoms with E-state index < -0.39 is 6.10 Å². The predicted octanol–water partition coefficient (Wildman–Crippen LogP) is 0.470. The van der Waals surface area contributed by atoms with E-state index >= 15 is 0 Å². The van der Waals surface area contributed by atoms with Crippen molar-refractivity contribution in [1.29, 1.82) is 0 Å². The molecule has 2 fully saturated rings. The van der Waals surface area contributed by atoms with E-state index in [0.29, 0.717) is 62.4 Å². The summed E-state index contributed by atoms with van der Waals surface area (Å²) in [6.07, 6.45) is 4.36. The third-order valence-corrected chi connectivity index (χ3v) is 4.45. The summed E-state index contributed by atoms with van der Waals surface area (Å²) in [5.74, 6) is 0.931. The number of aromatic nitrogens is 4. The summed E-state index contributed by atoms with van der Waals surface area (Å²) >= 11 is 0. The number of ether oxygens (including phenoxy) is 2. The molecule has 10 nitrogen and oxygen atoms in total. The van der Waals surface area contributed by atoms with Crippen molar-refractivity contribution in [2.24, 2.45) is 0 Å². The molecule has 2 aliphatic heterocycles. The maximum Gasteiger partial charge on any atom is 0.254 e. The van der Waals surface area contributed by atoms with Crippen molar-refractivity contribution in [3.63, 3.8) is 0 Å². The van der Waals surface area contributed by atoms with Crippen LogP contribution >= 0.6 is 0 Å². The number of hydrogen-bond acceptors (Lipinski definition) is 9. The second kappa shape index (κ2) is 7.80. The molecule has 0 saturated carbocycles. The molecule has 0 aliphatic carbocycles. The number of nitrogens with one attached hydrogen (secondary N) is 1. The molecule has 27 heavy (non-hydrogen) atoms. The van der Waals surface area contributed by atoms with E-state index in [1.807, 2.05) is 4.90 Å². The van der Waals surface area contributed by atoms with Gasteiger partial charge < -0.3 is 25.4 Å². The van der Waals surface area contributed by atoms with Gasteiger partial charge in [0.1, 0.15) is 11.9 Å². The Balaban J connectivity index is 1.65. The molecular weight excluding hydrogens is 350 g/mol. The number of nitrogens with two attached hydrogens (primary N) is 1. The number of nitrogen functional groups attached to an aromatic ring is 1. The Hall–Kier alpha value is -2.85. The van der Waals surface area contributed by atoms with Crippen molar-refractivity contribution in [2.45, 2.75) is 18.9 Å². The van der Waals surface area contributed by atoms with Crippen LogP contribution in [0.25, 0.3) is 11.3 Å². The highest BCUT2D eigenvalue weighted by atomic mass is 16.5. The second-order valence-corrected chi connectivity index (χ2v) is 6.36. The largest absolute Gasteiger partial charge is 0.378 e. The third-order valence-electron chi connectivity index (χ3n) is 4.45. The molecule has 2 saturated heterocycles. The summed E-state index contributed by atoms with van der Waals surface area (Å²) in [5.41, 5.74) is 6.86. The first-order valence-electron chi connectivity index (χ1n) is 8.91. The summed E-state index contributed by atoms with van der Waals surface area (Å²) in [6.45, 7) is 3.18. The van der Waals surface area contributed by atoms with Gasteiger partial charge in [0.25, 0.3) is 5.91 Å². The van der Waals surface area contributed by atoms with Gasteiger partial charge in [-0.3, -0.25) is 4.79 Å². The van der Waals surface area contributed by atoms with E-state index in [1.165, 1.54) is 0 Å². The highest BCUT2D eigenvalue weighted by Gasteiger charge is 2.25. The van der Waals surface area contributed by atoms with Gasteiger partial charge in [0.15, 0.2) is 0 Å². The smallest absolute Gasteiger partial charge is 0.254 e. The van der Waals surface area contributed by atoms with Crippen molar-refractivity contribution in [2.75, 3.05) is 48.9 Å². The van der Waals surface area contributed by atoms with Crippen LogP contribution in [0.4, 0.5) is 17.7 Å². The van der Waals surface area contributed by atoms with Crippen LogP contribution < -0.4 is 16.0 Å². The number of carbonyl (C=O) groups is 1. The first-order valence-corrected chi connectivity index (χ1v) is 8.91. The minimum Gasteiger partial charge on any atom is -0.378 e. The lowest BCUT2D eigenvalue weighted by Gasteiger charge is -2.27. The zero-order chi connectivity index (χ0) is 18.6. The van der Waals surface area contributed by atoms with Crippen LogP contribution in [0.3, 0.4) is 0 Å². The number of carbonyl (C=O) groups excluding carboxylic acids is 1. The summed E-state index contributed by atoms with van der Waals surface area (Å²) < 4.78 is 10.8. The van der Waals surface area contributed by atoms with Gasteiger partial charge in [0, 0.05) is 43.7 Å². The quantitative estimate of drug-likeness (QED) is 0.788. The molecule has 4 heterocycles. The molecule has 3 N–H and O–H groups in total. The van der Waals surface area contributed by atoms with Gasteiger partial charge >= 0.3 is 0 Å². The topological polar surface area (TPSA) is 128 Å². The second-order valence-electron chi connectivity index (χ2n) is 6.36. The third kappa shape index (κ3) is 4.12. The molecule has 0 spiro atoms. The number of morpholine rings is 1. The number of anilines is 3. The predicted molar refractivity (Wildman–Crippen MR) is 98.1 cm³/mol. The van der Waals surface area contributed by atoms with Gasteiger partial charge in [-0.25, -0.2) is 15.0 Å². The molecule has 1 atom stereocenters. The van der Waals surface area contributed by atoms with Crippen molar-refractivity contribution in [3.8, 4) is 11.3 Å². The highest BCUT2D eigenvalue weighted by Crippen LogP contribution is 2.24. The standard InChI is InChI=1S/C17H21N7O3/c18-16-19-9-11(10-20-16)12-8-14(22-15(25)13-2-1-5-27-13)23-17(21-12)24-3-6-26-7-4-24/h8-10,13H,1-7H2,(H2,18,19,20)(H,21,22,23,25)/t13-/m0/s1. The van der Waals surface area contributed by atoms with Crippen molar-refractivity contribution < 1.29 is 14.3 Å². The van der Waals surface area contributed by atoms with Gasteiger partial charge in [-0.15, -0.1) is 0 Å². The summed E-state index contributed by atoms with van der Waals surface area (Å²) in [4.78, 5) is 31.6. The number of amides is 1. The minimum absolute atomic E-state index is 0.188. The Bertz CT molecular complexity index is 803. The zero-order valence-corrected chi connectivity index (χ0v) is 14.8. The molecule has 2 aromatic heterocycles. The van der Waals surface area contributed by atoms with Crippen LogP contribution in [0, 0.1) is 0 Å². The van der Waals surface area contributed by atoms with E-state index in [-0.39, 0.29) is 11.9 Å². The number of hydrogen-bond donors (Lipinski definition) is 2. The van der Waals surface area contributed by atoms with E-state index in [1.54, 1.807) is 18.5 Å². The van der Waals surface area contributed by atoms with Gasteiger partial charge in [0.05, 0.1) is 18.9 Å². The van der Waals surface area contributed by atoms with Crippen molar-refractivity contribution in [1.82, 2.24) is 19.9 Å². The zero-order valence-electron chi connectivity index (χ0n) is 14.8. The maximum absolute atomic E-state index is 12.4. The van der Waals surface area contributed by atoms with Crippen molar-refractivity contribution in [3.05, 3.63) is 18.5 Å². The average molecular weight is 371 g/mol. The fraction of sp³-hybridized carbons (Fsp3) is 0.471. The molecule has 1 amide bonds.